The molecule has 0 saturated heterocycles. The predicted molar refractivity (Wildman–Crippen MR) is 40.9 cm³/mol. The summed E-state index contributed by atoms with van der Waals surface area (Å²) in [4.78, 5) is 7.34. The molecule has 0 unspecified atom stereocenters. The molecule has 0 radical (unpaired) electrons. The minimum Gasteiger partial charge on any atom is -0.384 e. The Labute approximate surface area is 67.8 Å². The molecular weight excluding hydrogens is 166 g/mol. The minimum absolute atomic E-state index is 0.121. The number of nitrogen functional groups attached to an aromatic ring is 1. The second-order valence-electron chi connectivity index (χ2n) is 2.08. The van der Waals surface area contributed by atoms with Gasteiger partial charge in [0.05, 0.1) is 6.54 Å². The number of aromatic nitrogens is 2. The molecule has 0 aliphatic carbocycles. The monoisotopic (exact) mass is 174 g/mol. The van der Waals surface area contributed by atoms with Crippen molar-refractivity contribution in [2.45, 2.75) is 6.43 Å². The molecule has 0 fully saturated rings. The van der Waals surface area contributed by atoms with Crippen molar-refractivity contribution in [1.29, 1.82) is 0 Å². The highest BCUT2D eigenvalue weighted by Gasteiger charge is 2.02. The quantitative estimate of drug-likeness (QED) is 0.709. The van der Waals surface area contributed by atoms with E-state index in [2.05, 4.69) is 15.3 Å². The van der Waals surface area contributed by atoms with Crippen LogP contribution in [0.25, 0.3) is 0 Å². The molecule has 0 amide bonds. The summed E-state index contributed by atoms with van der Waals surface area (Å²) in [6.45, 7) is -0.469. The Morgan fingerprint density at radius 2 is 2.33 bits per heavy atom. The maximum absolute atomic E-state index is 11.7. The van der Waals surface area contributed by atoms with Crippen LogP contribution in [0.4, 0.5) is 20.5 Å². The minimum atomic E-state index is -2.42. The van der Waals surface area contributed by atoms with Crippen molar-refractivity contribution in [3.63, 3.8) is 0 Å². The van der Waals surface area contributed by atoms with Crippen LogP contribution < -0.4 is 11.1 Å². The molecule has 1 aromatic rings. The highest BCUT2D eigenvalue weighted by molar-refractivity contribution is 5.34. The summed E-state index contributed by atoms with van der Waals surface area (Å²) >= 11 is 0. The SMILES string of the molecule is Nc1ccnc(NCC(F)F)n1. The molecule has 1 aromatic heterocycles. The van der Waals surface area contributed by atoms with Crippen LogP contribution in [0.5, 0.6) is 0 Å². The summed E-state index contributed by atoms with van der Waals surface area (Å²) in [5.41, 5.74) is 5.29. The maximum Gasteiger partial charge on any atom is 0.255 e. The number of nitrogens with one attached hydrogen (secondary N) is 1. The zero-order chi connectivity index (χ0) is 8.97. The van der Waals surface area contributed by atoms with E-state index in [9.17, 15) is 8.78 Å². The van der Waals surface area contributed by atoms with Gasteiger partial charge in [-0.05, 0) is 6.07 Å². The first-order chi connectivity index (χ1) is 5.68. The molecule has 0 aromatic carbocycles. The van der Waals surface area contributed by atoms with Gasteiger partial charge in [0.1, 0.15) is 5.82 Å². The average Bonchev–Trinajstić information content (AvgIpc) is 2.01. The lowest BCUT2D eigenvalue weighted by molar-refractivity contribution is 0.163. The largest absolute Gasteiger partial charge is 0.384 e. The summed E-state index contributed by atoms with van der Waals surface area (Å²) < 4.78 is 23.3. The van der Waals surface area contributed by atoms with Crippen LogP contribution in [-0.2, 0) is 0 Å². The van der Waals surface area contributed by atoms with Gasteiger partial charge in [0, 0.05) is 6.20 Å². The van der Waals surface area contributed by atoms with Gasteiger partial charge in [-0.1, -0.05) is 0 Å². The Morgan fingerprint density at radius 1 is 1.58 bits per heavy atom. The summed E-state index contributed by atoms with van der Waals surface area (Å²) in [5, 5.41) is 2.33. The molecule has 6 heteroatoms. The van der Waals surface area contributed by atoms with Gasteiger partial charge >= 0.3 is 0 Å². The molecule has 1 rings (SSSR count). The van der Waals surface area contributed by atoms with Crippen LogP contribution in [0.2, 0.25) is 0 Å². The third-order valence-electron chi connectivity index (χ3n) is 1.09. The highest BCUT2D eigenvalue weighted by atomic mass is 19.3. The van der Waals surface area contributed by atoms with E-state index in [1.807, 2.05) is 0 Å². The summed E-state index contributed by atoms with van der Waals surface area (Å²) in [6.07, 6.45) is -1.02. The van der Waals surface area contributed by atoms with E-state index >= 15 is 0 Å². The average molecular weight is 174 g/mol. The Hall–Kier alpha value is -1.46. The molecular formula is C6H8F2N4. The van der Waals surface area contributed by atoms with Crippen molar-refractivity contribution < 1.29 is 8.78 Å². The Kier molecular flexibility index (Phi) is 2.73. The fourth-order valence-corrected chi connectivity index (χ4v) is 0.626. The second kappa shape index (κ2) is 3.80. The van der Waals surface area contributed by atoms with Gasteiger partial charge in [0.2, 0.25) is 5.95 Å². The molecule has 0 spiro atoms. The third-order valence-corrected chi connectivity index (χ3v) is 1.09. The second-order valence-corrected chi connectivity index (χ2v) is 2.08. The van der Waals surface area contributed by atoms with Gasteiger partial charge in [-0.3, -0.25) is 0 Å². The number of alkyl halides is 2. The third kappa shape index (κ3) is 2.65. The number of nitrogens with two attached hydrogens (primary N) is 1. The number of hydrogen-bond donors (Lipinski definition) is 2. The molecule has 66 valence electrons. The van der Waals surface area contributed by atoms with Gasteiger partial charge in [-0.15, -0.1) is 0 Å². The molecule has 3 N–H and O–H groups in total. The maximum atomic E-state index is 11.7. The van der Waals surface area contributed by atoms with Gasteiger partial charge in [-0.2, -0.15) is 4.98 Å². The molecule has 4 nitrogen and oxygen atoms in total. The van der Waals surface area contributed by atoms with E-state index in [4.69, 9.17) is 5.73 Å². The summed E-state index contributed by atoms with van der Waals surface area (Å²) in [6, 6.07) is 1.48. The standard InChI is InChI=1S/C6H8F2N4/c7-4(8)3-11-6-10-2-1-5(9)12-6/h1-2,4H,3H2,(H3,9,10,11,12). The van der Waals surface area contributed by atoms with Gasteiger partial charge in [0.15, 0.2) is 0 Å². The van der Waals surface area contributed by atoms with Gasteiger partial charge in [-0.25, -0.2) is 13.8 Å². The van der Waals surface area contributed by atoms with Crippen molar-refractivity contribution in [1.82, 2.24) is 9.97 Å². The number of hydrogen-bond acceptors (Lipinski definition) is 4. The molecule has 0 saturated carbocycles. The lowest BCUT2D eigenvalue weighted by Crippen LogP contribution is -2.12. The first-order valence-corrected chi connectivity index (χ1v) is 3.29. The normalized spacial score (nSPS) is 10.2. The van der Waals surface area contributed by atoms with E-state index in [1.54, 1.807) is 0 Å². The molecule has 12 heavy (non-hydrogen) atoms. The molecule has 1 heterocycles. The highest BCUT2D eigenvalue weighted by Crippen LogP contribution is 2.01. The number of anilines is 2. The van der Waals surface area contributed by atoms with E-state index in [0.717, 1.165) is 0 Å². The van der Waals surface area contributed by atoms with Crippen molar-refractivity contribution in [3.8, 4) is 0 Å². The number of halogens is 2. The molecule has 0 aliphatic rings. The van der Waals surface area contributed by atoms with E-state index in [-0.39, 0.29) is 11.8 Å². The lowest BCUT2D eigenvalue weighted by Gasteiger charge is -2.02. The van der Waals surface area contributed by atoms with Crippen molar-refractivity contribution in [2.75, 3.05) is 17.6 Å². The van der Waals surface area contributed by atoms with Crippen LogP contribution in [0.3, 0.4) is 0 Å². The van der Waals surface area contributed by atoms with E-state index in [1.165, 1.54) is 12.3 Å². The topological polar surface area (TPSA) is 63.8 Å². The zero-order valence-corrected chi connectivity index (χ0v) is 6.17. The van der Waals surface area contributed by atoms with Crippen LogP contribution in [0.15, 0.2) is 12.3 Å². The van der Waals surface area contributed by atoms with E-state index in [0.29, 0.717) is 0 Å². The Morgan fingerprint density at radius 3 is 2.92 bits per heavy atom. The Bertz CT molecular complexity index is 253. The lowest BCUT2D eigenvalue weighted by atomic mass is 10.6. The van der Waals surface area contributed by atoms with Crippen LogP contribution >= 0.6 is 0 Å². The van der Waals surface area contributed by atoms with Gasteiger partial charge < -0.3 is 11.1 Å². The smallest absolute Gasteiger partial charge is 0.255 e. The van der Waals surface area contributed by atoms with E-state index < -0.39 is 13.0 Å². The van der Waals surface area contributed by atoms with Gasteiger partial charge in [0.25, 0.3) is 6.43 Å². The van der Waals surface area contributed by atoms with Crippen molar-refractivity contribution in [3.05, 3.63) is 12.3 Å². The first kappa shape index (κ1) is 8.63. The van der Waals surface area contributed by atoms with Crippen LogP contribution in [0.1, 0.15) is 0 Å². The molecule has 0 aliphatic heterocycles. The van der Waals surface area contributed by atoms with Crippen molar-refractivity contribution in [2.24, 2.45) is 0 Å². The zero-order valence-electron chi connectivity index (χ0n) is 6.17. The molecule has 0 atom stereocenters. The van der Waals surface area contributed by atoms with Crippen molar-refractivity contribution >= 4 is 11.8 Å². The summed E-state index contributed by atoms with van der Waals surface area (Å²) in [7, 11) is 0. The first-order valence-electron chi connectivity index (χ1n) is 3.29. The molecule has 0 bridgehead atoms. The fourth-order valence-electron chi connectivity index (χ4n) is 0.626. The number of rotatable bonds is 3. The predicted octanol–water partition coefficient (Wildman–Crippen LogP) is 0.736. The fraction of sp³-hybridized carbons (Fsp3) is 0.333. The Balaban J connectivity index is 2.52. The number of nitrogens with zero attached hydrogens (tertiary/aromatic N) is 2. The van der Waals surface area contributed by atoms with Crippen LogP contribution in [-0.4, -0.2) is 22.9 Å². The summed E-state index contributed by atoms with van der Waals surface area (Å²) in [5.74, 6) is 0.372. The van der Waals surface area contributed by atoms with Crippen LogP contribution in [0, 0.1) is 0 Å².